The van der Waals surface area contributed by atoms with Gasteiger partial charge in [0.25, 0.3) is 0 Å². The molecule has 4 N–H and O–H groups in total. The molecule has 0 saturated heterocycles. The van der Waals surface area contributed by atoms with Crippen LogP contribution in [0.4, 0.5) is 0 Å². The number of nitrogens with zero attached hydrogens (tertiary/aromatic N) is 3. The zero-order valence-corrected chi connectivity index (χ0v) is 11.2. The fourth-order valence-corrected chi connectivity index (χ4v) is 2.85. The Morgan fingerprint density at radius 2 is 2.17 bits per heavy atom. The average Bonchev–Trinajstić information content (AvgIpc) is 2.83. The highest BCUT2D eigenvalue weighted by molar-refractivity contribution is 8.00. The van der Waals surface area contributed by atoms with Crippen molar-refractivity contribution in [3.63, 3.8) is 0 Å². The lowest BCUT2D eigenvalue weighted by molar-refractivity contribution is 0.269. The molecule has 0 fully saturated rings. The molecule has 2 rings (SSSR count). The van der Waals surface area contributed by atoms with E-state index in [1.807, 2.05) is 13.8 Å². The van der Waals surface area contributed by atoms with E-state index in [4.69, 9.17) is 5.73 Å². The Bertz CT molecular complexity index is 515. The second-order valence-electron chi connectivity index (χ2n) is 4.44. The van der Waals surface area contributed by atoms with Gasteiger partial charge in [0.15, 0.2) is 5.65 Å². The van der Waals surface area contributed by atoms with Crippen molar-refractivity contribution in [2.45, 2.75) is 30.2 Å². The van der Waals surface area contributed by atoms with E-state index in [2.05, 4.69) is 19.9 Å². The first kappa shape index (κ1) is 13.3. The molecule has 0 amide bonds. The fourth-order valence-electron chi connectivity index (χ4n) is 1.64. The van der Waals surface area contributed by atoms with E-state index in [0.717, 1.165) is 10.5 Å². The fraction of sp³-hybridized carbons (Fsp3) is 0.545. The molecule has 7 heteroatoms. The van der Waals surface area contributed by atoms with Crippen LogP contribution in [0.25, 0.3) is 11.2 Å². The van der Waals surface area contributed by atoms with Crippen molar-refractivity contribution in [2.75, 3.05) is 6.61 Å². The Balaban J connectivity index is 2.24. The molecule has 0 spiro atoms. The zero-order chi connectivity index (χ0) is 13.1. The number of rotatable bonds is 5. The van der Waals surface area contributed by atoms with Gasteiger partial charge in [-0.1, -0.05) is 25.6 Å². The van der Waals surface area contributed by atoms with Crippen LogP contribution in [-0.4, -0.2) is 42.9 Å². The van der Waals surface area contributed by atoms with Gasteiger partial charge in [0.05, 0.1) is 12.9 Å². The number of aromatic amines is 1. The Labute approximate surface area is 109 Å². The molecule has 2 aromatic heterocycles. The lowest BCUT2D eigenvalue weighted by atomic mass is 10.0. The van der Waals surface area contributed by atoms with Crippen LogP contribution in [0, 0.1) is 5.92 Å². The number of aliphatic hydroxyl groups excluding tert-OH is 1. The first-order chi connectivity index (χ1) is 8.63. The molecule has 0 saturated carbocycles. The number of aliphatic hydroxyl groups is 1. The summed E-state index contributed by atoms with van der Waals surface area (Å²) >= 11 is 1.46. The van der Waals surface area contributed by atoms with Crippen molar-refractivity contribution in [3.05, 3.63) is 12.7 Å². The molecule has 0 aliphatic heterocycles. The van der Waals surface area contributed by atoms with E-state index < -0.39 is 0 Å². The molecular weight excluding hydrogens is 250 g/mol. The van der Waals surface area contributed by atoms with Crippen molar-refractivity contribution in [1.29, 1.82) is 0 Å². The monoisotopic (exact) mass is 267 g/mol. The van der Waals surface area contributed by atoms with Crippen LogP contribution in [0.2, 0.25) is 0 Å². The summed E-state index contributed by atoms with van der Waals surface area (Å²) in [5.74, 6) is 0.300. The molecule has 6 nitrogen and oxygen atoms in total. The summed E-state index contributed by atoms with van der Waals surface area (Å²) in [6.07, 6.45) is 3.06. The molecule has 18 heavy (non-hydrogen) atoms. The number of H-pyrrole nitrogens is 1. The second-order valence-corrected chi connectivity index (χ2v) is 5.67. The van der Waals surface area contributed by atoms with Crippen LogP contribution >= 0.6 is 11.8 Å². The molecule has 0 aromatic carbocycles. The molecule has 0 radical (unpaired) electrons. The number of hydrogen-bond donors (Lipinski definition) is 3. The molecule has 2 atom stereocenters. The molecule has 0 bridgehead atoms. The standard InChI is InChI=1S/C11H17N5OS/c1-6(2)8(12)7(3-17)18-11-9-10(14-4-13-9)15-5-16-11/h4-8,17H,3,12H2,1-2H3,(H,13,14,15,16). The maximum atomic E-state index is 9.46. The number of aromatic nitrogens is 4. The van der Waals surface area contributed by atoms with Crippen molar-refractivity contribution in [2.24, 2.45) is 11.7 Å². The molecular formula is C11H17N5OS. The van der Waals surface area contributed by atoms with Crippen molar-refractivity contribution in [1.82, 2.24) is 19.9 Å². The average molecular weight is 267 g/mol. The minimum Gasteiger partial charge on any atom is -0.395 e. The SMILES string of the molecule is CC(C)C(N)C(CO)Sc1ncnc2nc[nH]c12. The third-order valence-corrected chi connectivity index (χ3v) is 4.13. The highest BCUT2D eigenvalue weighted by atomic mass is 32.2. The van der Waals surface area contributed by atoms with Gasteiger partial charge in [0.2, 0.25) is 0 Å². The molecule has 2 unspecified atom stereocenters. The van der Waals surface area contributed by atoms with Gasteiger partial charge in [-0.2, -0.15) is 0 Å². The third-order valence-electron chi connectivity index (χ3n) is 2.83. The van der Waals surface area contributed by atoms with Gasteiger partial charge in [0, 0.05) is 11.3 Å². The highest BCUT2D eigenvalue weighted by Gasteiger charge is 2.23. The Kier molecular flexibility index (Phi) is 4.15. The van der Waals surface area contributed by atoms with E-state index >= 15 is 0 Å². The summed E-state index contributed by atoms with van der Waals surface area (Å²) in [5, 5.41) is 10.1. The van der Waals surface area contributed by atoms with Gasteiger partial charge in [-0.25, -0.2) is 15.0 Å². The van der Waals surface area contributed by atoms with Crippen LogP contribution in [0.3, 0.4) is 0 Å². The highest BCUT2D eigenvalue weighted by Crippen LogP contribution is 2.28. The van der Waals surface area contributed by atoms with E-state index in [-0.39, 0.29) is 17.9 Å². The molecule has 2 aromatic rings. The minimum atomic E-state index is -0.0913. The number of imidazole rings is 1. The number of hydrogen-bond acceptors (Lipinski definition) is 6. The molecule has 2 heterocycles. The Morgan fingerprint density at radius 3 is 2.83 bits per heavy atom. The van der Waals surface area contributed by atoms with Gasteiger partial charge in [-0.15, -0.1) is 0 Å². The van der Waals surface area contributed by atoms with Crippen LogP contribution in [-0.2, 0) is 0 Å². The van der Waals surface area contributed by atoms with Crippen LogP contribution in [0.15, 0.2) is 17.7 Å². The molecule has 0 aliphatic rings. The van der Waals surface area contributed by atoms with E-state index in [1.165, 1.54) is 18.1 Å². The number of thioether (sulfide) groups is 1. The summed E-state index contributed by atoms with van der Waals surface area (Å²) in [5.41, 5.74) is 7.50. The smallest absolute Gasteiger partial charge is 0.181 e. The second kappa shape index (κ2) is 5.64. The van der Waals surface area contributed by atoms with Crippen molar-refractivity contribution >= 4 is 22.9 Å². The normalized spacial score (nSPS) is 15.2. The van der Waals surface area contributed by atoms with Gasteiger partial charge in [-0.05, 0) is 5.92 Å². The van der Waals surface area contributed by atoms with Gasteiger partial charge < -0.3 is 15.8 Å². The van der Waals surface area contributed by atoms with Crippen LogP contribution in [0.5, 0.6) is 0 Å². The van der Waals surface area contributed by atoms with Gasteiger partial charge in [0.1, 0.15) is 16.9 Å². The number of fused-ring (bicyclic) bond motifs is 1. The maximum absolute atomic E-state index is 9.46. The van der Waals surface area contributed by atoms with Gasteiger partial charge in [-0.3, -0.25) is 0 Å². The predicted molar refractivity (Wildman–Crippen MR) is 71.2 cm³/mol. The van der Waals surface area contributed by atoms with E-state index in [1.54, 1.807) is 6.33 Å². The molecule has 0 aliphatic carbocycles. The quantitative estimate of drug-likeness (QED) is 0.547. The summed E-state index contributed by atoms with van der Waals surface area (Å²) in [7, 11) is 0. The topological polar surface area (TPSA) is 101 Å². The first-order valence-corrected chi connectivity index (χ1v) is 6.68. The third kappa shape index (κ3) is 2.63. The van der Waals surface area contributed by atoms with Crippen molar-refractivity contribution in [3.8, 4) is 0 Å². The largest absolute Gasteiger partial charge is 0.395 e. The summed E-state index contributed by atoms with van der Waals surface area (Å²) in [4.78, 5) is 15.4. The Hall–Kier alpha value is -1.18. The maximum Gasteiger partial charge on any atom is 0.181 e. The zero-order valence-electron chi connectivity index (χ0n) is 10.4. The van der Waals surface area contributed by atoms with Gasteiger partial charge >= 0.3 is 0 Å². The number of nitrogens with two attached hydrogens (primary N) is 1. The van der Waals surface area contributed by atoms with Crippen LogP contribution in [0.1, 0.15) is 13.8 Å². The van der Waals surface area contributed by atoms with Crippen molar-refractivity contribution < 1.29 is 5.11 Å². The summed E-state index contributed by atoms with van der Waals surface area (Å²) < 4.78 is 0. The first-order valence-electron chi connectivity index (χ1n) is 5.80. The van der Waals surface area contributed by atoms with E-state index in [0.29, 0.717) is 11.6 Å². The minimum absolute atomic E-state index is 0.0175. The molecule has 98 valence electrons. The summed E-state index contributed by atoms with van der Waals surface area (Å²) in [6, 6.07) is -0.0899. The Morgan fingerprint density at radius 1 is 1.39 bits per heavy atom. The summed E-state index contributed by atoms with van der Waals surface area (Å²) in [6.45, 7) is 4.10. The van der Waals surface area contributed by atoms with E-state index in [9.17, 15) is 5.11 Å². The van der Waals surface area contributed by atoms with Crippen LogP contribution < -0.4 is 5.73 Å². The number of nitrogens with one attached hydrogen (secondary N) is 1. The lowest BCUT2D eigenvalue weighted by Gasteiger charge is -2.24. The lowest BCUT2D eigenvalue weighted by Crippen LogP contribution is -2.39. The predicted octanol–water partition coefficient (Wildman–Crippen LogP) is 0.789.